The molecule has 5 heteroatoms. The summed E-state index contributed by atoms with van der Waals surface area (Å²) in [7, 11) is 0. The van der Waals surface area contributed by atoms with Crippen LogP contribution in [0.1, 0.15) is 35.4 Å². The van der Waals surface area contributed by atoms with Crippen molar-refractivity contribution in [2.75, 3.05) is 19.7 Å². The van der Waals surface area contributed by atoms with Crippen LogP contribution in [-0.2, 0) is 11.2 Å². The van der Waals surface area contributed by atoms with Crippen LogP contribution in [-0.4, -0.2) is 46.6 Å². The van der Waals surface area contributed by atoms with Gasteiger partial charge < -0.3 is 9.64 Å². The fraction of sp³-hybridized carbons (Fsp3) is 0.476. The van der Waals surface area contributed by atoms with Gasteiger partial charge in [0.05, 0.1) is 6.10 Å². The van der Waals surface area contributed by atoms with Gasteiger partial charge in [0.15, 0.2) is 0 Å². The van der Waals surface area contributed by atoms with E-state index in [0.717, 1.165) is 25.4 Å². The van der Waals surface area contributed by atoms with Crippen LogP contribution < -0.4 is 0 Å². The van der Waals surface area contributed by atoms with Gasteiger partial charge >= 0.3 is 0 Å². The lowest BCUT2D eigenvalue weighted by atomic mass is 9.88. The van der Waals surface area contributed by atoms with Gasteiger partial charge in [-0.15, -0.1) is 0 Å². The Morgan fingerprint density at radius 3 is 2.58 bits per heavy atom. The Bertz CT molecular complexity index is 719. The molecule has 4 rings (SSSR count). The Morgan fingerprint density at radius 1 is 1.08 bits per heavy atom. The van der Waals surface area contributed by atoms with Gasteiger partial charge in [0, 0.05) is 38.0 Å². The first kappa shape index (κ1) is 17.2. The van der Waals surface area contributed by atoms with Crippen molar-refractivity contribution in [1.29, 1.82) is 0 Å². The molecule has 1 aliphatic carbocycles. The maximum Gasteiger partial charge on any atom is 0.291 e. The minimum Gasteiger partial charge on any atom is -0.377 e. The standard InChI is InChI=1S/C21H25N3O2/c25-21(20-22-10-4-11-23-20)24-12-9-19(26-15-17-7-8-17)18(14-24)13-16-5-2-1-3-6-16/h1-6,10-11,17-19H,7-9,12-15H2/t18-,19-/m0/s1. The SMILES string of the molecule is O=C(c1ncccn1)N1CC[C@H](OCC2CC2)[C@@H](Cc2ccccc2)C1. The number of carbonyl (C=O) groups is 1. The number of ether oxygens (including phenoxy) is 1. The summed E-state index contributed by atoms with van der Waals surface area (Å²) < 4.78 is 6.26. The topological polar surface area (TPSA) is 55.3 Å². The van der Waals surface area contributed by atoms with E-state index in [-0.39, 0.29) is 17.8 Å². The van der Waals surface area contributed by atoms with Crippen LogP contribution >= 0.6 is 0 Å². The summed E-state index contributed by atoms with van der Waals surface area (Å²) >= 11 is 0. The lowest BCUT2D eigenvalue weighted by Crippen LogP contribution is -2.48. The van der Waals surface area contributed by atoms with E-state index in [4.69, 9.17) is 4.74 Å². The molecule has 0 radical (unpaired) electrons. The largest absolute Gasteiger partial charge is 0.377 e. The Balaban J connectivity index is 1.45. The van der Waals surface area contributed by atoms with E-state index in [0.29, 0.717) is 19.0 Å². The minimum atomic E-state index is -0.0793. The molecule has 136 valence electrons. The third kappa shape index (κ3) is 4.28. The second-order valence-corrected chi connectivity index (χ2v) is 7.38. The van der Waals surface area contributed by atoms with E-state index in [1.165, 1.54) is 18.4 Å². The second kappa shape index (κ2) is 7.96. The molecule has 0 N–H and O–H groups in total. The monoisotopic (exact) mass is 351 g/mol. The smallest absolute Gasteiger partial charge is 0.291 e. The number of nitrogens with zero attached hydrogens (tertiary/aromatic N) is 3. The number of amides is 1. The van der Waals surface area contributed by atoms with Crippen molar-refractivity contribution in [3.05, 3.63) is 60.2 Å². The zero-order valence-corrected chi connectivity index (χ0v) is 15.0. The quantitative estimate of drug-likeness (QED) is 0.803. The summed E-state index contributed by atoms with van der Waals surface area (Å²) in [5.41, 5.74) is 1.29. The molecule has 2 aliphatic rings. The number of aromatic nitrogens is 2. The van der Waals surface area contributed by atoms with E-state index >= 15 is 0 Å². The Morgan fingerprint density at radius 2 is 1.85 bits per heavy atom. The van der Waals surface area contributed by atoms with Gasteiger partial charge in [-0.1, -0.05) is 30.3 Å². The van der Waals surface area contributed by atoms with Crippen molar-refractivity contribution in [2.45, 2.75) is 31.8 Å². The first-order valence-corrected chi connectivity index (χ1v) is 9.51. The average molecular weight is 351 g/mol. The second-order valence-electron chi connectivity index (χ2n) is 7.38. The number of piperidine rings is 1. The van der Waals surface area contributed by atoms with E-state index in [1.807, 2.05) is 11.0 Å². The summed E-state index contributed by atoms with van der Waals surface area (Å²) in [6.07, 6.45) is 7.85. The number of hydrogen-bond donors (Lipinski definition) is 0. The number of rotatable bonds is 6. The Hall–Kier alpha value is -2.27. The molecule has 1 aliphatic heterocycles. The zero-order valence-electron chi connectivity index (χ0n) is 15.0. The fourth-order valence-electron chi connectivity index (χ4n) is 3.62. The Labute approximate surface area is 154 Å². The van der Waals surface area contributed by atoms with Crippen molar-refractivity contribution in [1.82, 2.24) is 14.9 Å². The molecule has 2 heterocycles. The van der Waals surface area contributed by atoms with Crippen LogP contribution in [0.3, 0.4) is 0 Å². The van der Waals surface area contributed by atoms with Crippen LogP contribution in [0.15, 0.2) is 48.8 Å². The molecule has 1 saturated carbocycles. The van der Waals surface area contributed by atoms with Crippen molar-refractivity contribution in [3.8, 4) is 0 Å². The van der Waals surface area contributed by atoms with Crippen molar-refractivity contribution >= 4 is 5.91 Å². The average Bonchev–Trinajstić information content (AvgIpc) is 3.52. The normalized spacial score (nSPS) is 23.0. The van der Waals surface area contributed by atoms with E-state index < -0.39 is 0 Å². The van der Waals surface area contributed by atoms with E-state index in [1.54, 1.807) is 18.5 Å². The number of hydrogen-bond acceptors (Lipinski definition) is 4. The maximum absolute atomic E-state index is 12.7. The predicted octanol–water partition coefficient (Wildman–Crippen LogP) is 2.98. The summed E-state index contributed by atoms with van der Waals surface area (Å²) in [5.74, 6) is 1.26. The fourth-order valence-corrected chi connectivity index (χ4v) is 3.62. The third-order valence-corrected chi connectivity index (χ3v) is 5.29. The highest BCUT2D eigenvalue weighted by atomic mass is 16.5. The first-order chi connectivity index (χ1) is 12.8. The lowest BCUT2D eigenvalue weighted by molar-refractivity contribution is -0.0328. The van der Waals surface area contributed by atoms with Crippen LogP contribution in [0.25, 0.3) is 0 Å². The highest BCUT2D eigenvalue weighted by Crippen LogP contribution is 2.32. The van der Waals surface area contributed by atoms with Crippen molar-refractivity contribution < 1.29 is 9.53 Å². The van der Waals surface area contributed by atoms with Crippen LogP contribution in [0, 0.1) is 11.8 Å². The molecule has 2 atom stereocenters. The first-order valence-electron chi connectivity index (χ1n) is 9.51. The van der Waals surface area contributed by atoms with Gasteiger partial charge in [0.2, 0.25) is 5.82 Å². The summed E-state index contributed by atoms with van der Waals surface area (Å²) in [4.78, 5) is 22.9. The van der Waals surface area contributed by atoms with Gasteiger partial charge in [-0.05, 0) is 43.2 Å². The molecule has 0 spiro atoms. The summed E-state index contributed by atoms with van der Waals surface area (Å²) in [5, 5.41) is 0. The highest BCUT2D eigenvalue weighted by Gasteiger charge is 2.34. The van der Waals surface area contributed by atoms with Crippen LogP contribution in [0.2, 0.25) is 0 Å². The van der Waals surface area contributed by atoms with Gasteiger partial charge in [-0.2, -0.15) is 0 Å². The van der Waals surface area contributed by atoms with Crippen LogP contribution in [0.4, 0.5) is 0 Å². The van der Waals surface area contributed by atoms with Gasteiger partial charge in [0.1, 0.15) is 0 Å². The number of benzene rings is 1. The lowest BCUT2D eigenvalue weighted by Gasteiger charge is -2.38. The molecule has 2 fully saturated rings. The summed E-state index contributed by atoms with van der Waals surface area (Å²) in [6.45, 7) is 2.27. The van der Waals surface area contributed by atoms with E-state index in [2.05, 4.69) is 34.2 Å². The molecule has 1 saturated heterocycles. The zero-order chi connectivity index (χ0) is 17.8. The van der Waals surface area contributed by atoms with Crippen molar-refractivity contribution in [2.24, 2.45) is 11.8 Å². The van der Waals surface area contributed by atoms with Crippen molar-refractivity contribution in [3.63, 3.8) is 0 Å². The van der Waals surface area contributed by atoms with Gasteiger partial charge in [-0.3, -0.25) is 4.79 Å². The molecular formula is C21H25N3O2. The number of likely N-dealkylation sites (tertiary alicyclic amines) is 1. The maximum atomic E-state index is 12.7. The Kier molecular flexibility index (Phi) is 5.25. The molecule has 1 aromatic carbocycles. The highest BCUT2D eigenvalue weighted by molar-refractivity contribution is 5.90. The minimum absolute atomic E-state index is 0.0793. The molecule has 1 amide bonds. The van der Waals surface area contributed by atoms with E-state index in [9.17, 15) is 4.79 Å². The van der Waals surface area contributed by atoms with Gasteiger partial charge in [-0.25, -0.2) is 9.97 Å². The van der Waals surface area contributed by atoms with Gasteiger partial charge in [0.25, 0.3) is 5.91 Å². The molecule has 2 aromatic rings. The molecule has 26 heavy (non-hydrogen) atoms. The summed E-state index contributed by atoms with van der Waals surface area (Å²) in [6, 6.07) is 12.2. The molecule has 5 nitrogen and oxygen atoms in total. The number of carbonyl (C=O) groups excluding carboxylic acids is 1. The predicted molar refractivity (Wildman–Crippen MR) is 98.7 cm³/mol. The molecule has 0 bridgehead atoms. The van der Waals surface area contributed by atoms with Crippen LogP contribution in [0.5, 0.6) is 0 Å². The molecule has 0 unspecified atom stereocenters. The molecule has 1 aromatic heterocycles. The third-order valence-electron chi connectivity index (χ3n) is 5.29. The molecular weight excluding hydrogens is 326 g/mol.